The number of alkyl halides is 6. The zero-order valence-corrected chi connectivity index (χ0v) is 29.0. The van der Waals surface area contributed by atoms with Gasteiger partial charge in [0, 0.05) is 22.7 Å². The molecule has 0 heterocycles. The van der Waals surface area contributed by atoms with E-state index in [4.69, 9.17) is 0 Å². The van der Waals surface area contributed by atoms with Crippen LogP contribution in [-0.2, 0) is 11.6 Å². The van der Waals surface area contributed by atoms with Crippen molar-refractivity contribution in [3.8, 4) is 22.3 Å². The summed E-state index contributed by atoms with van der Waals surface area (Å²) < 4.78 is 79.3. The van der Waals surface area contributed by atoms with Crippen LogP contribution < -0.4 is 10.6 Å². The second kappa shape index (κ2) is 15.1. The van der Waals surface area contributed by atoms with Gasteiger partial charge in [0.05, 0.1) is 11.0 Å². The van der Waals surface area contributed by atoms with Crippen molar-refractivity contribution >= 4 is 5.70 Å². The van der Waals surface area contributed by atoms with Crippen LogP contribution in [0.15, 0.2) is 139 Å². The van der Waals surface area contributed by atoms with Crippen LogP contribution in [0, 0.1) is 0 Å². The number of fused-ring (bicyclic) bond motifs is 3. The third-order valence-electron chi connectivity index (χ3n) is 9.66. The van der Waals surface area contributed by atoms with Gasteiger partial charge in [0.15, 0.2) is 0 Å². The molecular formula is C43H42F6N2. The SMILES string of the molecule is C=C(N/C(C)=C/C(C)=C(\C)CCCCC1(C(=C)NCC(F)(F)F)c2ccccc2-c2ccccc21)c1ccccc1-c1ccc(C(F)(F)F)cc1. The lowest BCUT2D eigenvalue weighted by Gasteiger charge is -2.35. The van der Waals surface area contributed by atoms with E-state index in [0.29, 0.717) is 23.4 Å². The highest BCUT2D eigenvalue weighted by Gasteiger charge is 2.45. The van der Waals surface area contributed by atoms with E-state index in [1.54, 1.807) is 0 Å². The standard InChI is InChI=1S/C43H42F6N2/c1-28(29(2)26-30(3)51-31(4)35-15-6-7-16-36(35)33-21-23-34(24-22-33)43(47,48)49)14-12-13-25-41(32(5)50-27-42(44,45)46)39-19-10-8-17-37(39)38-18-9-11-20-40(38)41/h6-11,15-24,26,50-51H,4-5,12-14,25,27H2,1-3H3/b29-28+,30-26+. The van der Waals surface area contributed by atoms with Crippen LogP contribution in [0.4, 0.5) is 26.3 Å². The van der Waals surface area contributed by atoms with Gasteiger partial charge >= 0.3 is 12.4 Å². The molecule has 8 heteroatoms. The first-order valence-corrected chi connectivity index (χ1v) is 16.9. The number of unbranched alkanes of at least 4 members (excludes halogenated alkanes) is 1. The number of hydrogen-bond donors (Lipinski definition) is 2. The second-order valence-electron chi connectivity index (χ2n) is 13.2. The van der Waals surface area contributed by atoms with Crippen LogP contribution in [0.3, 0.4) is 0 Å². The molecule has 0 atom stereocenters. The maximum Gasteiger partial charge on any atom is 0.416 e. The molecule has 2 N–H and O–H groups in total. The highest BCUT2D eigenvalue weighted by Crippen LogP contribution is 2.54. The summed E-state index contributed by atoms with van der Waals surface area (Å²) in [5, 5.41) is 5.98. The summed E-state index contributed by atoms with van der Waals surface area (Å²) in [6.45, 7) is 13.3. The number of benzene rings is 4. The van der Waals surface area contributed by atoms with E-state index in [9.17, 15) is 26.3 Å². The average molecular weight is 701 g/mol. The van der Waals surface area contributed by atoms with Gasteiger partial charge in [-0.05, 0) is 91.6 Å². The maximum atomic E-state index is 13.3. The molecule has 51 heavy (non-hydrogen) atoms. The van der Waals surface area contributed by atoms with E-state index in [0.717, 1.165) is 76.0 Å². The number of hydrogen-bond acceptors (Lipinski definition) is 2. The van der Waals surface area contributed by atoms with Crippen molar-refractivity contribution in [2.24, 2.45) is 0 Å². The summed E-state index contributed by atoms with van der Waals surface area (Å²) in [4.78, 5) is 0. The highest BCUT2D eigenvalue weighted by atomic mass is 19.4. The molecule has 0 aromatic heterocycles. The Kier molecular flexibility index (Phi) is 11.0. The molecule has 1 aliphatic carbocycles. The second-order valence-corrected chi connectivity index (χ2v) is 13.2. The Morgan fingerprint density at radius 1 is 0.706 bits per heavy atom. The average Bonchev–Trinajstić information content (AvgIpc) is 3.38. The summed E-state index contributed by atoms with van der Waals surface area (Å²) in [6, 6.07) is 28.3. The molecule has 0 fully saturated rings. The molecule has 4 aromatic rings. The number of nitrogens with one attached hydrogen (secondary N) is 2. The molecule has 5 rings (SSSR count). The van der Waals surface area contributed by atoms with Gasteiger partial charge in [-0.15, -0.1) is 0 Å². The first-order valence-electron chi connectivity index (χ1n) is 16.9. The van der Waals surface area contributed by atoms with Gasteiger partial charge in [-0.3, -0.25) is 0 Å². The van der Waals surface area contributed by atoms with E-state index in [2.05, 4.69) is 30.7 Å². The Bertz CT molecular complexity index is 1920. The highest BCUT2D eigenvalue weighted by molar-refractivity contribution is 5.83. The third-order valence-corrected chi connectivity index (χ3v) is 9.66. The van der Waals surface area contributed by atoms with Crippen LogP contribution in [-0.4, -0.2) is 12.7 Å². The lowest BCUT2D eigenvalue weighted by Crippen LogP contribution is -2.39. The Morgan fingerprint density at radius 2 is 1.25 bits per heavy atom. The van der Waals surface area contributed by atoms with E-state index in [1.165, 1.54) is 17.7 Å². The third kappa shape index (κ3) is 8.33. The first-order chi connectivity index (χ1) is 24.1. The molecule has 0 saturated heterocycles. The zero-order chi connectivity index (χ0) is 37.0. The van der Waals surface area contributed by atoms with E-state index >= 15 is 0 Å². The molecule has 0 radical (unpaired) electrons. The summed E-state index contributed by atoms with van der Waals surface area (Å²) in [6.07, 6.45) is -3.75. The molecule has 4 aromatic carbocycles. The van der Waals surface area contributed by atoms with E-state index < -0.39 is 29.9 Å². The largest absolute Gasteiger partial charge is 0.416 e. The fourth-order valence-electron chi connectivity index (χ4n) is 7.03. The van der Waals surface area contributed by atoms with Gasteiger partial charge in [0.25, 0.3) is 0 Å². The predicted octanol–water partition coefficient (Wildman–Crippen LogP) is 12.4. The summed E-state index contributed by atoms with van der Waals surface area (Å²) >= 11 is 0. The smallest absolute Gasteiger partial charge is 0.379 e. The number of allylic oxidation sites excluding steroid dienone is 5. The topological polar surface area (TPSA) is 24.1 Å². The van der Waals surface area contributed by atoms with Gasteiger partial charge < -0.3 is 10.6 Å². The lowest BCUT2D eigenvalue weighted by atomic mass is 9.71. The van der Waals surface area contributed by atoms with Crippen molar-refractivity contribution in [3.05, 3.63) is 161 Å². The molecule has 0 aliphatic heterocycles. The van der Waals surface area contributed by atoms with Crippen molar-refractivity contribution in [2.75, 3.05) is 6.54 Å². The zero-order valence-electron chi connectivity index (χ0n) is 29.0. The summed E-state index contributed by atoms with van der Waals surface area (Å²) in [5.41, 5.74) is 8.77. The van der Waals surface area contributed by atoms with E-state index in [1.807, 2.05) is 92.7 Å². The molecule has 0 amide bonds. The minimum atomic E-state index is -4.41. The van der Waals surface area contributed by atoms with Crippen LogP contribution >= 0.6 is 0 Å². The molecule has 0 bridgehead atoms. The molecular weight excluding hydrogens is 658 g/mol. The van der Waals surface area contributed by atoms with Crippen molar-refractivity contribution in [3.63, 3.8) is 0 Å². The summed E-state index contributed by atoms with van der Waals surface area (Å²) in [7, 11) is 0. The first kappa shape index (κ1) is 37.3. The van der Waals surface area contributed by atoms with Crippen molar-refractivity contribution in [1.29, 1.82) is 0 Å². The number of rotatable bonds is 13. The Labute approximate surface area is 296 Å². The number of halogens is 6. The fraction of sp³-hybridized carbons (Fsp3) is 0.256. The van der Waals surface area contributed by atoms with Crippen LogP contribution in [0.25, 0.3) is 28.0 Å². The van der Waals surface area contributed by atoms with Crippen LogP contribution in [0.2, 0.25) is 0 Å². The lowest BCUT2D eigenvalue weighted by molar-refractivity contribution is -0.137. The molecule has 266 valence electrons. The monoisotopic (exact) mass is 700 g/mol. The molecule has 0 saturated carbocycles. The fourth-order valence-corrected chi connectivity index (χ4v) is 7.03. The van der Waals surface area contributed by atoms with E-state index in [-0.39, 0.29) is 0 Å². The van der Waals surface area contributed by atoms with Crippen molar-refractivity contribution < 1.29 is 26.3 Å². The predicted molar refractivity (Wildman–Crippen MR) is 196 cm³/mol. The molecule has 0 spiro atoms. The van der Waals surface area contributed by atoms with Crippen LogP contribution in [0.5, 0.6) is 0 Å². The quantitative estimate of drug-likeness (QED) is 0.0824. The molecule has 0 unspecified atom stereocenters. The van der Waals surface area contributed by atoms with Crippen LogP contribution in [0.1, 0.15) is 68.7 Å². The van der Waals surface area contributed by atoms with Gasteiger partial charge in [-0.1, -0.05) is 116 Å². The Morgan fingerprint density at radius 3 is 1.82 bits per heavy atom. The minimum absolute atomic E-state index is 0.352. The van der Waals surface area contributed by atoms with Crippen molar-refractivity contribution in [1.82, 2.24) is 10.6 Å². The Hall–Kier alpha value is -4.98. The molecule has 1 aliphatic rings. The van der Waals surface area contributed by atoms with Crippen molar-refractivity contribution in [2.45, 2.75) is 64.2 Å². The van der Waals surface area contributed by atoms with Gasteiger partial charge in [-0.2, -0.15) is 26.3 Å². The Balaban J connectivity index is 1.27. The molecule has 2 nitrogen and oxygen atoms in total. The normalized spacial score (nSPS) is 14.3. The van der Waals surface area contributed by atoms with Gasteiger partial charge in [0.2, 0.25) is 0 Å². The van der Waals surface area contributed by atoms with Gasteiger partial charge in [-0.25, -0.2) is 0 Å². The van der Waals surface area contributed by atoms with Gasteiger partial charge in [0.1, 0.15) is 6.54 Å². The summed E-state index contributed by atoms with van der Waals surface area (Å²) in [5.74, 6) is 0. The maximum absolute atomic E-state index is 13.3. The minimum Gasteiger partial charge on any atom is -0.379 e.